The smallest absolute Gasteiger partial charge is 0.360 e. The molecule has 0 aliphatic carbocycles. The van der Waals surface area contributed by atoms with Crippen LogP contribution in [0.5, 0.6) is 0 Å². The van der Waals surface area contributed by atoms with Crippen molar-refractivity contribution in [2.24, 2.45) is 0 Å². The molecule has 0 amide bonds. The molecule has 0 aliphatic heterocycles. The Hall–Kier alpha value is -1.08. The average molecular weight is 282 g/mol. The number of esters is 1. The van der Waals surface area contributed by atoms with E-state index < -0.39 is 21.0 Å². The number of hydrogen-bond acceptors (Lipinski definition) is 6. The maximum absolute atomic E-state index is 11.6. The molecule has 0 saturated heterocycles. The van der Waals surface area contributed by atoms with E-state index >= 15 is 0 Å². The van der Waals surface area contributed by atoms with Gasteiger partial charge in [0.2, 0.25) is 9.84 Å². The fourth-order valence-corrected chi connectivity index (χ4v) is 2.45. The van der Waals surface area contributed by atoms with Gasteiger partial charge >= 0.3 is 11.2 Å². The molecule has 0 bridgehead atoms. The predicted octanol–water partition coefficient (Wildman–Crippen LogP) is 1.25. The summed E-state index contributed by atoms with van der Waals surface area (Å²) in [5.41, 5.74) is -0.156. The number of halogens is 1. The zero-order chi connectivity index (χ0) is 12.9. The van der Waals surface area contributed by atoms with E-state index in [-0.39, 0.29) is 23.9 Å². The summed E-state index contributed by atoms with van der Waals surface area (Å²) in [7, 11) is -3.62. The number of carbonyl (C=O) groups excluding carboxylic acids is 1. The lowest BCUT2D eigenvalue weighted by atomic mass is 10.5. The Morgan fingerprint density at radius 2 is 2.29 bits per heavy atom. The van der Waals surface area contributed by atoms with E-state index in [1.54, 1.807) is 6.92 Å². The van der Waals surface area contributed by atoms with Gasteiger partial charge in [-0.05, 0) is 13.3 Å². The van der Waals surface area contributed by atoms with E-state index in [0.717, 1.165) is 6.26 Å². The van der Waals surface area contributed by atoms with Crippen molar-refractivity contribution in [1.29, 1.82) is 0 Å². The second-order valence-corrected chi connectivity index (χ2v) is 5.45. The number of carbonyl (C=O) groups is 1. The summed E-state index contributed by atoms with van der Waals surface area (Å²) in [5, 5.41) is -0.481. The van der Waals surface area contributed by atoms with E-state index in [0.29, 0.717) is 6.42 Å². The maximum Gasteiger partial charge on any atom is 0.360 e. The fourth-order valence-electron chi connectivity index (χ4n) is 1.03. The van der Waals surface area contributed by atoms with E-state index in [2.05, 4.69) is 9.72 Å². The molecule has 1 heterocycles. The lowest BCUT2D eigenvalue weighted by molar-refractivity contribution is 0.0519. The highest BCUT2D eigenvalue weighted by molar-refractivity contribution is 7.91. The molecule has 1 aromatic rings. The van der Waals surface area contributed by atoms with Crippen molar-refractivity contribution in [2.45, 2.75) is 18.6 Å². The Morgan fingerprint density at radius 3 is 2.88 bits per heavy atom. The van der Waals surface area contributed by atoms with Crippen molar-refractivity contribution < 1.29 is 22.4 Å². The molecule has 96 valence electrons. The van der Waals surface area contributed by atoms with Gasteiger partial charge in [0, 0.05) is 5.88 Å². The molecule has 8 heteroatoms. The van der Waals surface area contributed by atoms with Crippen LogP contribution in [0, 0.1) is 0 Å². The van der Waals surface area contributed by atoms with E-state index in [9.17, 15) is 13.2 Å². The van der Waals surface area contributed by atoms with Gasteiger partial charge in [-0.3, -0.25) is 0 Å². The minimum Gasteiger partial charge on any atom is -0.461 e. The molecule has 6 nitrogen and oxygen atoms in total. The molecule has 0 N–H and O–H groups in total. The highest BCUT2D eigenvalue weighted by Crippen LogP contribution is 2.12. The molecular weight excluding hydrogens is 270 g/mol. The normalized spacial score (nSPS) is 11.4. The Labute approximate surface area is 104 Å². The number of ether oxygens (including phenoxy) is 1. The second kappa shape index (κ2) is 6.02. The molecule has 0 aromatic carbocycles. The molecule has 0 atom stereocenters. The van der Waals surface area contributed by atoms with Crippen molar-refractivity contribution in [3.05, 3.63) is 12.0 Å². The third-order valence-electron chi connectivity index (χ3n) is 1.78. The van der Waals surface area contributed by atoms with Crippen LogP contribution < -0.4 is 0 Å². The van der Waals surface area contributed by atoms with Crippen LogP contribution in [-0.2, 0) is 14.6 Å². The predicted molar refractivity (Wildman–Crippen MR) is 59.8 cm³/mol. The molecule has 0 aliphatic rings. The van der Waals surface area contributed by atoms with E-state index in [1.165, 1.54) is 0 Å². The lowest BCUT2D eigenvalue weighted by Gasteiger charge is -1.96. The van der Waals surface area contributed by atoms with Gasteiger partial charge in [0.25, 0.3) is 0 Å². The number of hydrogen-bond donors (Lipinski definition) is 0. The summed E-state index contributed by atoms with van der Waals surface area (Å²) in [4.78, 5) is 14.8. The van der Waals surface area contributed by atoms with Crippen LogP contribution >= 0.6 is 11.6 Å². The van der Waals surface area contributed by atoms with Gasteiger partial charge in [0.15, 0.2) is 5.69 Å². The quantitative estimate of drug-likeness (QED) is 0.576. The van der Waals surface area contributed by atoms with Crippen LogP contribution in [0.4, 0.5) is 0 Å². The van der Waals surface area contributed by atoms with Crippen molar-refractivity contribution in [3.63, 3.8) is 0 Å². The third-order valence-corrected chi connectivity index (χ3v) is 3.59. The van der Waals surface area contributed by atoms with Gasteiger partial charge in [0.05, 0.1) is 12.4 Å². The minimum atomic E-state index is -3.62. The Kier molecular flexibility index (Phi) is 4.95. The van der Waals surface area contributed by atoms with Gasteiger partial charge < -0.3 is 9.15 Å². The monoisotopic (exact) mass is 281 g/mol. The molecule has 0 saturated carbocycles. The van der Waals surface area contributed by atoms with Crippen molar-refractivity contribution in [2.75, 3.05) is 18.2 Å². The zero-order valence-corrected chi connectivity index (χ0v) is 10.8. The Balaban J connectivity index is 2.84. The number of nitrogens with zero attached hydrogens (tertiary/aromatic N) is 1. The van der Waals surface area contributed by atoms with Crippen LogP contribution in [0.3, 0.4) is 0 Å². The van der Waals surface area contributed by atoms with Gasteiger partial charge in [-0.25, -0.2) is 13.2 Å². The third kappa shape index (κ3) is 3.71. The molecule has 17 heavy (non-hydrogen) atoms. The molecule has 1 aromatic heterocycles. The largest absolute Gasteiger partial charge is 0.461 e. The number of oxazole rings is 1. The Morgan fingerprint density at radius 1 is 1.59 bits per heavy atom. The highest BCUT2D eigenvalue weighted by Gasteiger charge is 2.23. The standard InChI is InChI=1S/C9H12ClNO5S/c1-2-15-8(12)7-6-16-9(11-7)17(13,14)5-3-4-10/h6H,2-5H2,1H3. The first-order valence-electron chi connectivity index (χ1n) is 4.92. The first-order valence-corrected chi connectivity index (χ1v) is 7.11. The molecule has 0 spiro atoms. The SMILES string of the molecule is CCOC(=O)c1coc(S(=O)(=O)CCCCl)n1. The van der Waals surface area contributed by atoms with Gasteiger partial charge in [-0.1, -0.05) is 0 Å². The fraction of sp³-hybridized carbons (Fsp3) is 0.556. The number of sulfone groups is 1. The summed E-state index contributed by atoms with van der Waals surface area (Å²) < 4.78 is 32.6. The van der Waals surface area contributed by atoms with Crippen molar-refractivity contribution >= 4 is 27.4 Å². The van der Waals surface area contributed by atoms with Crippen LogP contribution in [-0.4, -0.2) is 37.6 Å². The molecule has 1 rings (SSSR count). The minimum absolute atomic E-state index is 0.156. The van der Waals surface area contributed by atoms with Gasteiger partial charge in [-0.2, -0.15) is 4.98 Å². The summed E-state index contributed by atoms with van der Waals surface area (Å²) in [5.74, 6) is -0.653. The zero-order valence-electron chi connectivity index (χ0n) is 9.18. The summed E-state index contributed by atoms with van der Waals surface area (Å²) in [6.45, 7) is 1.82. The molecule has 0 fully saturated rings. The van der Waals surface area contributed by atoms with Crippen LogP contribution in [0.2, 0.25) is 0 Å². The van der Waals surface area contributed by atoms with Crippen molar-refractivity contribution in [1.82, 2.24) is 4.98 Å². The summed E-state index contributed by atoms with van der Waals surface area (Å²) in [6, 6.07) is 0. The van der Waals surface area contributed by atoms with E-state index in [1.807, 2.05) is 0 Å². The lowest BCUT2D eigenvalue weighted by Crippen LogP contribution is -2.09. The van der Waals surface area contributed by atoms with Crippen molar-refractivity contribution in [3.8, 4) is 0 Å². The van der Waals surface area contributed by atoms with Crippen LogP contribution in [0.15, 0.2) is 15.9 Å². The number of alkyl halides is 1. The number of rotatable bonds is 6. The summed E-state index contributed by atoms with van der Waals surface area (Å²) >= 11 is 5.40. The summed E-state index contributed by atoms with van der Waals surface area (Å²) in [6.07, 6.45) is 1.26. The maximum atomic E-state index is 11.6. The van der Waals surface area contributed by atoms with Crippen LogP contribution in [0.25, 0.3) is 0 Å². The molecule has 0 unspecified atom stereocenters. The molecular formula is C9H12ClNO5S. The number of aromatic nitrogens is 1. The average Bonchev–Trinajstić information content (AvgIpc) is 2.77. The highest BCUT2D eigenvalue weighted by atomic mass is 35.5. The first kappa shape index (κ1) is 14.0. The van der Waals surface area contributed by atoms with Gasteiger partial charge in [-0.15, -0.1) is 11.6 Å². The van der Waals surface area contributed by atoms with Gasteiger partial charge in [0.1, 0.15) is 6.26 Å². The first-order chi connectivity index (χ1) is 8.01. The second-order valence-electron chi connectivity index (χ2n) is 3.08. The topological polar surface area (TPSA) is 86.5 Å². The van der Waals surface area contributed by atoms with Crippen LogP contribution in [0.1, 0.15) is 23.8 Å². The molecule has 0 radical (unpaired) electrons. The Bertz CT molecular complexity index is 481. The van der Waals surface area contributed by atoms with E-state index in [4.69, 9.17) is 16.0 Å².